The summed E-state index contributed by atoms with van der Waals surface area (Å²) in [5.41, 5.74) is -2.57. The predicted octanol–water partition coefficient (Wildman–Crippen LogP) is -1.98. The number of carbonyl (C=O) groups is 2. The van der Waals surface area contributed by atoms with Crippen LogP contribution in [0.25, 0.3) is 0 Å². The maximum atomic E-state index is 15.3. The minimum atomic E-state index is -1.99. The fourth-order valence-electron chi connectivity index (χ4n) is 17.8. The maximum absolute atomic E-state index is 15.3. The van der Waals surface area contributed by atoms with Gasteiger partial charge in [-0.2, -0.15) is 0 Å². The summed E-state index contributed by atoms with van der Waals surface area (Å²) in [7, 11) is 0. The van der Waals surface area contributed by atoms with Gasteiger partial charge in [-0.15, -0.1) is 0 Å². The molecule has 10 aliphatic rings. The molecule has 5 heterocycles. The van der Waals surface area contributed by atoms with Crippen molar-refractivity contribution >= 4 is 11.9 Å². The van der Waals surface area contributed by atoms with Gasteiger partial charge in [0.1, 0.15) is 116 Å². The van der Waals surface area contributed by atoms with Gasteiger partial charge in [0.05, 0.1) is 37.6 Å². The average molecular weight is 1260 g/mol. The van der Waals surface area contributed by atoms with Crippen molar-refractivity contribution in [2.75, 3.05) is 19.8 Å². The van der Waals surface area contributed by atoms with Gasteiger partial charge in [0, 0.05) is 6.92 Å². The van der Waals surface area contributed by atoms with Crippen LogP contribution in [0, 0.1) is 50.2 Å². The number of aliphatic hydroxyl groups is 14. The molecule has 0 bridgehead atoms. The minimum Gasteiger partial charge on any atom is -0.463 e. The van der Waals surface area contributed by atoms with Crippen LogP contribution in [0.3, 0.4) is 0 Å². The number of carbonyl (C=O) groups excluding carboxylic acids is 2. The highest BCUT2D eigenvalue weighted by molar-refractivity contribution is 5.80. The summed E-state index contributed by atoms with van der Waals surface area (Å²) in [5.74, 6) is -1.97. The van der Waals surface area contributed by atoms with Gasteiger partial charge in [-0.25, -0.2) is 0 Å². The van der Waals surface area contributed by atoms with Crippen LogP contribution in [0.1, 0.15) is 127 Å². The van der Waals surface area contributed by atoms with Crippen LogP contribution < -0.4 is 0 Å². The summed E-state index contributed by atoms with van der Waals surface area (Å²) in [5, 5.41) is 155. The lowest BCUT2D eigenvalue weighted by Crippen LogP contribution is -2.68. The molecule has 0 aromatic heterocycles. The fraction of sp³-hybridized carbons (Fsp3) is 0.934. The first kappa shape index (κ1) is 68.6. The van der Waals surface area contributed by atoms with Crippen molar-refractivity contribution in [3.8, 4) is 0 Å². The molecule has 0 aromatic carbocycles. The van der Waals surface area contributed by atoms with Gasteiger partial charge in [-0.3, -0.25) is 9.59 Å². The molecule has 0 spiro atoms. The molecule has 27 nitrogen and oxygen atoms in total. The van der Waals surface area contributed by atoms with E-state index in [2.05, 4.69) is 54.5 Å². The number of fused-ring (bicyclic) bond motifs is 7. The lowest BCUT2D eigenvalue weighted by Gasteiger charge is -2.71. The lowest BCUT2D eigenvalue weighted by molar-refractivity contribution is -0.364. The van der Waals surface area contributed by atoms with Crippen molar-refractivity contribution in [3.05, 3.63) is 11.6 Å². The van der Waals surface area contributed by atoms with Crippen LogP contribution in [0.5, 0.6) is 0 Å². The molecule has 5 saturated heterocycles. The largest absolute Gasteiger partial charge is 0.463 e. The first-order valence-corrected chi connectivity index (χ1v) is 31.4. The molecule has 0 aromatic rings. The molecule has 33 unspecified atom stereocenters. The second-order valence-electron chi connectivity index (χ2n) is 29.4. The smallest absolute Gasteiger partial charge is 0.317 e. The number of hydrogen-bond donors (Lipinski definition) is 14. The molecule has 5 aliphatic heterocycles. The molecule has 0 amide bonds. The first-order valence-electron chi connectivity index (χ1n) is 31.4. The fourth-order valence-corrected chi connectivity index (χ4v) is 17.8. The average Bonchev–Trinajstić information content (AvgIpc) is 0.677. The second-order valence-corrected chi connectivity index (χ2v) is 29.4. The Morgan fingerprint density at radius 2 is 1.14 bits per heavy atom. The van der Waals surface area contributed by atoms with Gasteiger partial charge in [0.15, 0.2) is 25.2 Å². The number of ether oxygens (including phenoxy) is 11. The minimum absolute atomic E-state index is 0.0920. The Morgan fingerprint density at radius 1 is 0.557 bits per heavy atom. The zero-order chi connectivity index (χ0) is 64.4. The Labute approximate surface area is 512 Å². The molecule has 9 fully saturated rings. The molecular formula is C61H98O27. The Bertz CT molecular complexity index is 2500. The molecule has 33 atom stereocenters. The van der Waals surface area contributed by atoms with Crippen LogP contribution in [-0.4, -0.2) is 263 Å². The van der Waals surface area contributed by atoms with E-state index in [4.69, 9.17) is 52.1 Å². The Morgan fingerprint density at radius 3 is 1.76 bits per heavy atom. The molecule has 504 valence electrons. The van der Waals surface area contributed by atoms with Crippen LogP contribution in [-0.2, 0) is 61.7 Å². The molecule has 27 heteroatoms. The van der Waals surface area contributed by atoms with Gasteiger partial charge in [-0.1, -0.05) is 60.1 Å². The molecule has 0 radical (unpaired) electrons. The third kappa shape index (κ3) is 11.7. The van der Waals surface area contributed by atoms with Crippen molar-refractivity contribution in [1.82, 2.24) is 0 Å². The van der Waals surface area contributed by atoms with Crippen LogP contribution in [0.2, 0.25) is 0 Å². The van der Waals surface area contributed by atoms with Gasteiger partial charge in [0.2, 0.25) is 6.29 Å². The predicted molar refractivity (Wildman–Crippen MR) is 298 cm³/mol. The summed E-state index contributed by atoms with van der Waals surface area (Å²) >= 11 is 0. The SMILES string of the molecule is CC(=O)OCC1OC(OCC2OC(OC(=O)C34CCC(C)(C)CC3C3=CCC5C6(C)CCC(OC7OCC(O)C(O)C7OC7OC(C)C(O)C(O)C7O)C(C)(C)C6CCC5(C)C3(C)CC4O)C(O)C(O)C2O)C(O)C(O)C1OC1OC(C)C(O)C(O)C1O. The summed E-state index contributed by atoms with van der Waals surface area (Å²) < 4.78 is 65.0. The standard InChI is InChI=1S/C61H98O27/c1-24-36(65)40(69)44(73)51(81-24)86-48-31(23-78-26(3)62)84-50(47(76)43(48)72)80-22-30-39(68)42(71)46(75)53(83-30)88-55(77)61-18-17-56(4,5)19-28(61)27-11-12-33-58(8)15-14-35(57(6,7)32(58)13-16-59(33,9)60(27,10)20-34(61)64)85-54-49(38(67)29(63)21-79-54)87-52-45(74)41(70)37(66)25(2)82-52/h11,24-25,28-54,63-76H,12-23H2,1-10H3. The van der Waals surface area contributed by atoms with Crippen molar-refractivity contribution < 1.29 is 133 Å². The molecular weight excluding hydrogens is 1160 g/mol. The van der Waals surface area contributed by atoms with Crippen molar-refractivity contribution in [2.24, 2.45) is 50.2 Å². The highest BCUT2D eigenvalue weighted by atomic mass is 16.8. The highest BCUT2D eigenvalue weighted by Crippen LogP contribution is 2.76. The van der Waals surface area contributed by atoms with E-state index in [9.17, 15) is 76.3 Å². The molecule has 10 rings (SSSR count). The quantitative estimate of drug-likeness (QED) is 0.0540. The van der Waals surface area contributed by atoms with Gasteiger partial charge in [-0.05, 0) is 116 Å². The third-order valence-electron chi connectivity index (χ3n) is 23.3. The Balaban J connectivity index is 0.842. The summed E-state index contributed by atoms with van der Waals surface area (Å²) in [6.07, 6.45) is -32.6. The maximum Gasteiger partial charge on any atom is 0.317 e. The second kappa shape index (κ2) is 25.2. The summed E-state index contributed by atoms with van der Waals surface area (Å²) in [6.45, 7) is 17.9. The Kier molecular flexibility index (Phi) is 19.6. The monoisotopic (exact) mass is 1260 g/mol. The summed E-state index contributed by atoms with van der Waals surface area (Å²) in [4.78, 5) is 27.3. The number of esters is 2. The molecule has 5 aliphatic carbocycles. The zero-order valence-corrected chi connectivity index (χ0v) is 51.9. The van der Waals surface area contributed by atoms with Crippen LogP contribution in [0.4, 0.5) is 0 Å². The van der Waals surface area contributed by atoms with E-state index in [0.29, 0.717) is 25.7 Å². The Hall–Kier alpha value is -2.24. The lowest BCUT2D eigenvalue weighted by atomic mass is 9.33. The van der Waals surface area contributed by atoms with E-state index in [-0.39, 0.29) is 42.1 Å². The number of aliphatic hydroxyl groups excluding tert-OH is 14. The van der Waals surface area contributed by atoms with Crippen LogP contribution in [0.15, 0.2) is 11.6 Å². The van der Waals surface area contributed by atoms with E-state index in [1.54, 1.807) is 0 Å². The number of hydrogen-bond acceptors (Lipinski definition) is 27. The van der Waals surface area contributed by atoms with Crippen molar-refractivity contribution in [2.45, 2.75) is 287 Å². The molecule has 88 heavy (non-hydrogen) atoms. The van der Waals surface area contributed by atoms with E-state index < -0.39 is 212 Å². The topological polar surface area (TPSA) is 419 Å². The van der Waals surface area contributed by atoms with Crippen LogP contribution >= 0.6 is 0 Å². The van der Waals surface area contributed by atoms with Gasteiger partial charge < -0.3 is 124 Å². The van der Waals surface area contributed by atoms with E-state index in [1.807, 2.05) is 0 Å². The summed E-state index contributed by atoms with van der Waals surface area (Å²) in [6, 6.07) is 0. The third-order valence-corrected chi connectivity index (χ3v) is 23.3. The molecule has 4 saturated carbocycles. The van der Waals surface area contributed by atoms with Gasteiger partial charge in [0.25, 0.3) is 0 Å². The number of rotatable bonds is 13. The van der Waals surface area contributed by atoms with E-state index >= 15 is 4.79 Å². The first-order chi connectivity index (χ1) is 41.0. The van der Waals surface area contributed by atoms with Gasteiger partial charge >= 0.3 is 11.9 Å². The van der Waals surface area contributed by atoms with Crippen molar-refractivity contribution in [1.29, 1.82) is 0 Å². The van der Waals surface area contributed by atoms with E-state index in [0.717, 1.165) is 31.8 Å². The molecule has 14 N–H and O–H groups in total. The highest BCUT2D eigenvalue weighted by Gasteiger charge is 2.72. The normalized spacial score (nSPS) is 53.5. The van der Waals surface area contributed by atoms with E-state index in [1.165, 1.54) is 13.8 Å². The van der Waals surface area contributed by atoms with Crippen molar-refractivity contribution in [3.63, 3.8) is 0 Å². The zero-order valence-electron chi connectivity index (χ0n) is 51.9. The number of allylic oxidation sites excluding steroid dienone is 2.